The molecule has 86 valence electrons. The monoisotopic (exact) mass is 220 g/mol. The zero-order chi connectivity index (χ0) is 11.7. The summed E-state index contributed by atoms with van der Waals surface area (Å²) >= 11 is 0. The number of anilines is 2. The van der Waals surface area contributed by atoms with Gasteiger partial charge in [-0.15, -0.1) is 0 Å². The van der Waals surface area contributed by atoms with Crippen LogP contribution in [-0.4, -0.2) is 19.1 Å². The lowest BCUT2D eigenvalue weighted by molar-refractivity contribution is -0.117. The maximum Gasteiger partial charge on any atom is 0.247 e. The molecule has 0 spiro atoms. The van der Waals surface area contributed by atoms with E-state index in [0.717, 1.165) is 11.4 Å². The summed E-state index contributed by atoms with van der Waals surface area (Å²) < 4.78 is 5.20. The fraction of sp³-hybridized carbons (Fsp3) is 0.417. The molecule has 0 saturated carbocycles. The summed E-state index contributed by atoms with van der Waals surface area (Å²) in [5, 5.41) is 6.11. The minimum absolute atomic E-state index is 0.00741. The minimum Gasteiger partial charge on any atom is -0.494 e. The van der Waals surface area contributed by atoms with E-state index in [9.17, 15) is 4.79 Å². The summed E-state index contributed by atoms with van der Waals surface area (Å²) in [4.78, 5) is 11.8. The molecule has 16 heavy (non-hydrogen) atoms. The second kappa shape index (κ2) is 4.04. The Balaban J connectivity index is 2.38. The molecule has 0 aliphatic carbocycles. The van der Waals surface area contributed by atoms with Gasteiger partial charge in [-0.3, -0.25) is 4.79 Å². The van der Waals surface area contributed by atoms with E-state index in [4.69, 9.17) is 4.74 Å². The van der Waals surface area contributed by atoms with E-state index in [1.54, 1.807) is 7.11 Å². The molecular weight excluding hydrogens is 204 g/mol. The Morgan fingerprint density at radius 1 is 1.38 bits per heavy atom. The van der Waals surface area contributed by atoms with Crippen molar-refractivity contribution < 1.29 is 9.53 Å². The highest BCUT2D eigenvalue weighted by molar-refractivity contribution is 6.04. The van der Waals surface area contributed by atoms with Crippen LogP contribution in [0.3, 0.4) is 0 Å². The number of ether oxygens (including phenoxy) is 1. The van der Waals surface area contributed by atoms with Crippen molar-refractivity contribution in [2.75, 3.05) is 17.7 Å². The lowest BCUT2D eigenvalue weighted by atomic mass is 10.0. The van der Waals surface area contributed by atoms with Crippen molar-refractivity contribution in [2.45, 2.75) is 19.9 Å². The molecule has 1 atom stereocenters. The zero-order valence-electron chi connectivity index (χ0n) is 9.70. The average molecular weight is 220 g/mol. The lowest BCUT2D eigenvalue weighted by Crippen LogP contribution is -2.42. The number of fused-ring (bicyclic) bond motifs is 1. The fourth-order valence-corrected chi connectivity index (χ4v) is 1.85. The van der Waals surface area contributed by atoms with Crippen LogP contribution in [0, 0.1) is 5.92 Å². The molecule has 1 aromatic rings. The van der Waals surface area contributed by atoms with Crippen molar-refractivity contribution in [2.24, 2.45) is 5.92 Å². The van der Waals surface area contributed by atoms with Crippen LogP contribution in [-0.2, 0) is 4.79 Å². The summed E-state index contributed by atoms with van der Waals surface area (Å²) in [7, 11) is 1.59. The van der Waals surface area contributed by atoms with Crippen molar-refractivity contribution >= 4 is 17.3 Å². The molecule has 2 N–H and O–H groups in total. The van der Waals surface area contributed by atoms with Gasteiger partial charge in [0.25, 0.3) is 0 Å². The molecule has 1 aliphatic rings. The summed E-state index contributed by atoms with van der Waals surface area (Å²) in [6.45, 7) is 4.03. The highest BCUT2D eigenvalue weighted by atomic mass is 16.5. The Bertz CT molecular complexity index is 415. The van der Waals surface area contributed by atoms with Gasteiger partial charge in [0.15, 0.2) is 0 Å². The SMILES string of the molecule is COc1cccc2c1NC(=O)C(C(C)C)N2. The van der Waals surface area contributed by atoms with E-state index >= 15 is 0 Å². The predicted octanol–water partition coefficient (Wildman–Crippen LogP) is 2.08. The average Bonchev–Trinajstić information content (AvgIpc) is 2.27. The normalized spacial score (nSPS) is 18.8. The molecule has 1 aliphatic heterocycles. The molecule has 1 amide bonds. The number of rotatable bonds is 2. The molecule has 0 saturated heterocycles. The van der Waals surface area contributed by atoms with Crippen molar-refractivity contribution in [1.82, 2.24) is 0 Å². The number of nitrogens with one attached hydrogen (secondary N) is 2. The predicted molar refractivity (Wildman–Crippen MR) is 63.9 cm³/mol. The standard InChI is InChI=1S/C12H16N2O2/c1-7(2)10-12(15)14-11-8(13-10)5-4-6-9(11)16-3/h4-7,10,13H,1-3H3,(H,14,15). The van der Waals surface area contributed by atoms with E-state index in [-0.39, 0.29) is 17.9 Å². The van der Waals surface area contributed by atoms with E-state index < -0.39 is 0 Å². The van der Waals surface area contributed by atoms with Gasteiger partial charge in [-0.05, 0) is 18.1 Å². The fourth-order valence-electron chi connectivity index (χ4n) is 1.85. The molecule has 4 nitrogen and oxygen atoms in total. The number of carbonyl (C=O) groups excluding carboxylic acids is 1. The summed E-state index contributed by atoms with van der Waals surface area (Å²) in [6, 6.07) is 5.49. The third-order valence-corrected chi connectivity index (χ3v) is 2.75. The van der Waals surface area contributed by atoms with Gasteiger partial charge in [0.05, 0.1) is 12.8 Å². The third kappa shape index (κ3) is 1.71. The van der Waals surface area contributed by atoms with Crippen molar-refractivity contribution in [1.29, 1.82) is 0 Å². The largest absolute Gasteiger partial charge is 0.494 e. The Hall–Kier alpha value is -1.71. The van der Waals surface area contributed by atoms with E-state index in [0.29, 0.717) is 5.75 Å². The first-order chi connectivity index (χ1) is 7.63. The van der Waals surface area contributed by atoms with E-state index in [1.807, 2.05) is 32.0 Å². The number of benzene rings is 1. The third-order valence-electron chi connectivity index (χ3n) is 2.75. The van der Waals surface area contributed by atoms with Gasteiger partial charge < -0.3 is 15.4 Å². The van der Waals surface area contributed by atoms with E-state index in [1.165, 1.54) is 0 Å². The smallest absolute Gasteiger partial charge is 0.247 e. The molecule has 0 aromatic heterocycles. The Labute approximate surface area is 95.0 Å². The maximum atomic E-state index is 11.8. The number of carbonyl (C=O) groups is 1. The molecule has 4 heteroatoms. The second-order valence-corrected chi connectivity index (χ2v) is 4.24. The van der Waals surface area contributed by atoms with Gasteiger partial charge in [-0.1, -0.05) is 19.9 Å². The van der Waals surface area contributed by atoms with Gasteiger partial charge in [-0.25, -0.2) is 0 Å². The quantitative estimate of drug-likeness (QED) is 0.802. The molecule has 1 unspecified atom stereocenters. The van der Waals surface area contributed by atoms with Gasteiger partial charge in [-0.2, -0.15) is 0 Å². The molecule has 1 aromatic carbocycles. The highest BCUT2D eigenvalue weighted by Gasteiger charge is 2.29. The van der Waals surface area contributed by atoms with Crippen LogP contribution >= 0.6 is 0 Å². The van der Waals surface area contributed by atoms with Gasteiger partial charge in [0.2, 0.25) is 5.91 Å². The summed E-state index contributed by atoms with van der Waals surface area (Å²) in [6.07, 6.45) is 0. The first kappa shape index (κ1) is 10.8. The number of methoxy groups -OCH3 is 1. The molecule has 0 radical (unpaired) electrons. The minimum atomic E-state index is -0.181. The van der Waals surface area contributed by atoms with Crippen molar-refractivity contribution in [3.8, 4) is 5.75 Å². The van der Waals surface area contributed by atoms with Gasteiger partial charge >= 0.3 is 0 Å². The second-order valence-electron chi connectivity index (χ2n) is 4.24. The first-order valence-electron chi connectivity index (χ1n) is 5.38. The van der Waals surface area contributed by atoms with Crippen LogP contribution in [0.1, 0.15) is 13.8 Å². The highest BCUT2D eigenvalue weighted by Crippen LogP contribution is 2.36. The zero-order valence-corrected chi connectivity index (χ0v) is 9.70. The number of amides is 1. The number of hydrogen-bond donors (Lipinski definition) is 2. The van der Waals surface area contributed by atoms with Gasteiger partial charge in [0, 0.05) is 0 Å². The Morgan fingerprint density at radius 3 is 2.75 bits per heavy atom. The summed E-state index contributed by atoms with van der Waals surface area (Å²) in [5.41, 5.74) is 1.64. The Morgan fingerprint density at radius 2 is 2.12 bits per heavy atom. The van der Waals surface area contributed by atoms with Crippen LogP contribution < -0.4 is 15.4 Å². The summed E-state index contributed by atoms with van der Waals surface area (Å²) in [5.74, 6) is 0.923. The van der Waals surface area contributed by atoms with Crippen LogP contribution in [0.5, 0.6) is 5.75 Å². The van der Waals surface area contributed by atoms with Crippen LogP contribution in [0.2, 0.25) is 0 Å². The Kier molecular flexibility index (Phi) is 2.73. The topological polar surface area (TPSA) is 50.4 Å². The number of hydrogen-bond acceptors (Lipinski definition) is 3. The van der Waals surface area contributed by atoms with Crippen LogP contribution in [0.25, 0.3) is 0 Å². The molecule has 1 heterocycles. The van der Waals surface area contributed by atoms with Crippen LogP contribution in [0.4, 0.5) is 11.4 Å². The number of para-hydroxylation sites is 1. The molecule has 0 fully saturated rings. The molecular formula is C12H16N2O2. The van der Waals surface area contributed by atoms with Gasteiger partial charge in [0.1, 0.15) is 17.5 Å². The maximum absolute atomic E-state index is 11.8. The van der Waals surface area contributed by atoms with Crippen molar-refractivity contribution in [3.05, 3.63) is 18.2 Å². The van der Waals surface area contributed by atoms with E-state index in [2.05, 4.69) is 10.6 Å². The first-order valence-corrected chi connectivity index (χ1v) is 5.38. The van der Waals surface area contributed by atoms with Crippen molar-refractivity contribution in [3.63, 3.8) is 0 Å². The molecule has 0 bridgehead atoms. The van der Waals surface area contributed by atoms with Crippen LogP contribution in [0.15, 0.2) is 18.2 Å². The lowest BCUT2D eigenvalue weighted by Gasteiger charge is -2.30. The molecule has 2 rings (SSSR count).